The highest BCUT2D eigenvalue weighted by atomic mass is 16.5. The molecule has 1 aromatic rings. The highest BCUT2D eigenvalue weighted by Crippen LogP contribution is 2.22. The molecule has 0 bridgehead atoms. The fraction of sp³-hybridized carbons (Fsp3) is 0.588. The van der Waals surface area contributed by atoms with Crippen molar-refractivity contribution in [3.05, 3.63) is 29.8 Å². The molecule has 1 fully saturated rings. The summed E-state index contributed by atoms with van der Waals surface area (Å²) in [5, 5.41) is 19.4. The fourth-order valence-corrected chi connectivity index (χ4v) is 2.81. The van der Waals surface area contributed by atoms with Gasteiger partial charge in [-0.2, -0.15) is 0 Å². The van der Waals surface area contributed by atoms with Crippen LogP contribution in [0.15, 0.2) is 24.3 Å². The van der Waals surface area contributed by atoms with Gasteiger partial charge in [-0.05, 0) is 50.9 Å². The number of hydrogen-bond donors (Lipinski definition) is 2. The summed E-state index contributed by atoms with van der Waals surface area (Å²) in [6.45, 7) is 5.76. The lowest BCUT2D eigenvalue weighted by Crippen LogP contribution is -2.40. The van der Waals surface area contributed by atoms with Crippen molar-refractivity contribution in [1.82, 2.24) is 4.90 Å². The van der Waals surface area contributed by atoms with Crippen LogP contribution in [-0.2, 0) is 4.79 Å². The van der Waals surface area contributed by atoms with Gasteiger partial charge in [-0.3, -0.25) is 9.69 Å². The number of benzene rings is 1. The van der Waals surface area contributed by atoms with Crippen LogP contribution in [0.25, 0.3) is 0 Å². The van der Waals surface area contributed by atoms with E-state index in [4.69, 9.17) is 9.84 Å². The minimum absolute atomic E-state index is 0.122. The van der Waals surface area contributed by atoms with Crippen molar-refractivity contribution in [1.29, 1.82) is 0 Å². The van der Waals surface area contributed by atoms with Crippen molar-refractivity contribution in [2.75, 3.05) is 19.6 Å². The van der Waals surface area contributed by atoms with Crippen molar-refractivity contribution in [3.8, 4) is 5.75 Å². The van der Waals surface area contributed by atoms with Crippen LogP contribution < -0.4 is 4.74 Å². The van der Waals surface area contributed by atoms with E-state index in [2.05, 4.69) is 0 Å². The third-order valence-electron chi connectivity index (χ3n) is 3.92. The van der Waals surface area contributed by atoms with Crippen LogP contribution in [0, 0.1) is 5.92 Å². The molecule has 0 aliphatic carbocycles. The normalized spacial score (nSPS) is 20.8. The van der Waals surface area contributed by atoms with Gasteiger partial charge in [-0.1, -0.05) is 12.1 Å². The summed E-state index contributed by atoms with van der Waals surface area (Å²) in [5.74, 6) is -0.271. The number of β-amino-alcohol motifs (C(OH)–C–C–N with tert-alkyl or cyclic N) is 1. The van der Waals surface area contributed by atoms with E-state index in [1.165, 1.54) is 0 Å². The first-order chi connectivity index (χ1) is 10.5. The van der Waals surface area contributed by atoms with Crippen molar-refractivity contribution in [2.24, 2.45) is 5.92 Å². The second-order valence-corrected chi connectivity index (χ2v) is 6.19. The molecule has 22 heavy (non-hydrogen) atoms. The predicted molar refractivity (Wildman–Crippen MR) is 84.0 cm³/mol. The molecule has 2 rings (SSSR count). The van der Waals surface area contributed by atoms with E-state index in [-0.39, 0.29) is 12.0 Å². The molecule has 0 spiro atoms. The number of aliphatic hydroxyl groups excluding tert-OH is 1. The standard InChI is InChI=1S/C17H25NO4/c1-12(2)22-15-7-5-13(6-8-15)16(19)11-18-9-3-4-14(10-18)17(20)21/h5-8,12,14,16,19H,3-4,9-11H2,1-2H3,(H,20,21). The number of carbonyl (C=O) groups is 1. The summed E-state index contributed by atoms with van der Waals surface area (Å²) in [4.78, 5) is 13.1. The lowest BCUT2D eigenvalue weighted by atomic mass is 9.97. The summed E-state index contributed by atoms with van der Waals surface area (Å²) < 4.78 is 5.58. The Morgan fingerprint density at radius 3 is 2.64 bits per heavy atom. The van der Waals surface area contributed by atoms with Gasteiger partial charge < -0.3 is 14.9 Å². The Hall–Kier alpha value is -1.59. The number of ether oxygens (including phenoxy) is 1. The molecule has 0 aromatic heterocycles. The highest BCUT2D eigenvalue weighted by Gasteiger charge is 2.26. The lowest BCUT2D eigenvalue weighted by Gasteiger charge is -2.32. The first-order valence-corrected chi connectivity index (χ1v) is 7.85. The minimum atomic E-state index is -0.741. The first-order valence-electron chi connectivity index (χ1n) is 7.85. The number of aliphatic hydroxyl groups is 1. The van der Waals surface area contributed by atoms with E-state index in [1.54, 1.807) is 0 Å². The Morgan fingerprint density at radius 2 is 2.05 bits per heavy atom. The van der Waals surface area contributed by atoms with E-state index in [0.717, 1.165) is 30.7 Å². The molecular formula is C17H25NO4. The summed E-state index contributed by atoms with van der Waals surface area (Å²) in [7, 11) is 0. The molecule has 2 atom stereocenters. The maximum absolute atomic E-state index is 11.1. The SMILES string of the molecule is CC(C)Oc1ccc(C(O)CN2CCCC(C(=O)O)C2)cc1. The van der Waals surface area contributed by atoms with Gasteiger partial charge in [0.15, 0.2) is 0 Å². The van der Waals surface area contributed by atoms with Gasteiger partial charge in [-0.25, -0.2) is 0 Å². The molecule has 2 unspecified atom stereocenters. The average Bonchev–Trinajstić information content (AvgIpc) is 2.47. The highest BCUT2D eigenvalue weighted by molar-refractivity contribution is 5.70. The number of rotatable bonds is 6. The van der Waals surface area contributed by atoms with E-state index in [0.29, 0.717) is 13.1 Å². The zero-order chi connectivity index (χ0) is 16.1. The fourth-order valence-electron chi connectivity index (χ4n) is 2.81. The number of piperidine rings is 1. The van der Waals surface area contributed by atoms with Crippen LogP contribution in [0.2, 0.25) is 0 Å². The summed E-state index contributed by atoms with van der Waals surface area (Å²) in [6, 6.07) is 7.44. The smallest absolute Gasteiger partial charge is 0.307 e. The van der Waals surface area contributed by atoms with Gasteiger partial charge >= 0.3 is 5.97 Å². The molecule has 1 saturated heterocycles. The Kier molecular flexibility index (Phi) is 5.80. The maximum Gasteiger partial charge on any atom is 0.307 e. The average molecular weight is 307 g/mol. The van der Waals surface area contributed by atoms with Crippen LogP contribution >= 0.6 is 0 Å². The summed E-state index contributed by atoms with van der Waals surface area (Å²) in [5.41, 5.74) is 0.827. The molecule has 1 aliphatic rings. The number of likely N-dealkylation sites (tertiary alicyclic amines) is 1. The molecule has 5 nitrogen and oxygen atoms in total. The van der Waals surface area contributed by atoms with Crippen molar-refractivity contribution in [3.63, 3.8) is 0 Å². The molecule has 5 heteroatoms. The largest absolute Gasteiger partial charge is 0.491 e. The molecule has 122 valence electrons. The zero-order valence-electron chi connectivity index (χ0n) is 13.2. The molecular weight excluding hydrogens is 282 g/mol. The zero-order valence-corrected chi connectivity index (χ0v) is 13.2. The Bertz CT molecular complexity index is 486. The summed E-state index contributed by atoms with van der Waals surface area (Å²) in [6.07, 6.45) is 1.10. The summed E-state index contributed by atoms with van der Waals surface area (Å²) >= 11 is 0. The van der Waals surface area contributed by atoms with E-state index in [1.807, 2.05) is 43.0 Å². The van der Waals surface area contributed by atoms with Crippen LogP contribution in [0.5, 0.6) is 5.75 Å². The van der Waals surface area contributed by atoms with Gasteiger partial charge in [0, 0.05) is 13.1 Å². The van der Waals surface area contributed by atoms with Gasteiger partial charge in [0.2, 0.25) is 0 Å². The van der Waals surface area contributed by atoms with Crippen LogP contribution in [0.3, 0.4) is 0 Å². The van der Waals surface area contributed by atoms with Gasteiger partial charge in [0.25, 0.3) is 0 Å². The van der Waals surface area contributed by atoms with Crippen LogP contribution in [-0.4, -0.2) is 46.8 Å². The van der Waals surface area contributed by atoms with Crippen LogP contribution in [0.4, 0.5) is 0 Å². The lowest BCUT2D eigenvalue weighted by molar-refractivity contribution is -0.143. The van der Waals surface area contributed by atoms with Crippen molar-refractivity contribution in [2.45, 2.75) is 38.9 Å². The number of nitrogens with zero attached hydrogens (tertiary/aromatic N) is 1. The topological polar surface area (TPSA) is 70.0 Å². The molecule has 1 heterocycles. The number of carboxylic acids is 1. The number of aliphatic carboxylic acids is 1. The molecule has 2 N–H and O–H groups in total. The van der Waals surface area contributed by atoms with E-state index < -0.39 is 12.1 Å². The number of carboxylic acid groups (broad SMARTS) is 1. The monoisotopic (exact) mass is 307 g/mol. The van der Waals surface area contributed by atoms with Crippen LogP contribution in [0.1, 0.15) is 38.4 Å². The molecule has 1 aliphatic heterocycles. The van der Waals surface area contributed by atoms with Gasteiger partial charge in [0.05, 0.1) is 18.1 Å². The molecule has 1 aromatic carbocycles. The Labute approximate surface area is 131 Å². The van der Waals surface area contributed by atoms with Gasteiger partial charge in [-0.15, -0.1) is 0 Å². The Morgan fingerprint density at radius 1 is 1.36 bits per heavy atom. The van der Waals surface area contributed by atoms with Crippen molar-refractivity contribution < 1.29 is 19.7 Å². The quantitative estimate of drug-likeness (QED) is 0.844. The molecule has 0 radical (unpaired) electrons. The molecule has 0 amide bonds. The van der Waals surface area contributed by atoms with Crippen molar-refractivity contribution >= 4 is 5.97 Å². The minimum Gasteiger partial charge on any atom is -0.491 e. The third kappa shape index (κ3) is 4.71. The van der Waals surface area contributed by atoms with E-state index in [9.17, 15) is 9.90 Å². The second-order valence-electron chi connectivity index (χ2n) is 6.19. The number of hydrogen-bond acceptors (Lipinski definition) is 4. The Balaban J connectivity index is 1.91. The first kappa shape index (κ1) is 16.8. The van der Waals surface area contributed by atoms with Gasteiger partial charge in [0.1, 0.15) is 5.75 Å². The predicted octanol–water partition coefficient (Wildman–Crippen LogP) is 2.30. The molecule has 0 saturated carbocycles. The maximum atomic E-state index is 11.1. The van der Waals surface area contributed by atoms with E-state index >= 15 is 0 Å². The second kappa shape index (κ2) is 7.61. The third-order valence-corrected chi connectivity index (χ3v) is 3.92.